The molecule has 0 spiro atoms. The summed E-state index contributed by atoms with van der Waals surface area (Å²) in [5.74, 6) is -0.625. The Balaban J connectivity index is 2.50. The van der Waals surface area contributed by atoms with Crippen LogP contribution in [0.4, 0.5) is 0 Å². The first-order valence-corrected chi connectivity index (χ1v) is 22.6. The maximum atomic E-state index is 13.0. The van der Waals surface area contributed by atoms with Gasteiger partial charge < -0.3 is 45.4 Å². The summed E-state index contributed by atoms with van der Waals surface area (Å²) in [5, 5.41) is 64.7. The molecule has 10 nitrogen and oxygen atoms in total. The van der Waals surface area contributed by atoms with Gasteiger partial charge in [-0.25, -0.2) is 0 Å². The molecule has 5 unspecified atom stereocenters. The first-order valence-electron chi connectivity index (χ1n) is 22.6. The van der Waals surface area contributed by atoms with Crippen molar-refractivity contribution in [3.05, 3.63) is 23.8 Å². The zero-order valence-electron chi connectivity index (χ0n) is 35.3. The van der Waals surface area contributed by atoms with Crippen molar-refractivity contribution >= 4 is 5.91 Å². The number of carbonyl (C=O) groups is 1. The number of aliphatic hydroxyl groups excluding tert-OH is 6. The molecule has 0 bridgehead atoms. The SMILES string of the molecule is CCCCCCCCCCCCCCCCCC[C@@H](O)C(=O)N[C@@H](COC1OC(CO)C(O)C(O)C1O)[C@H](O)/C=C/CC/C=C(\C)CCCCCCCCC. The Hall–Kier alpha value is -1.37. The van der Waals surface area contributed by atoms with Crippen molar-refractivity contribution in [2.75, 3.05) is 13.2 Å². The molecule has 7 N–H and O–H groups in total. The Bertz CT molecular complexity index is 961. The van der Waals surface area contributed by atoms with Gasteiger partial charge in [-0.05, 0) is 39.0 Å². The van der Waals surface area contributed by atoms with Crippen molar-refractivity contribution < 1.29 is 44.9 Å². The molecule has 8 atom stereocenters. The summed E-state index contributed by atoms with van der Waals surface area (Å²) in [6.45, 7) is 5.73. The molecule has 1 fully saturated rings. The van der Waals surface area contributed by atoms with Gasteiger partial charge in [0.2, 0.25) is 5.91 Å². The molecule has 0 radical (unpaired) electrons. The van der Waals surface area contributed by atoms with Crippen LogP contribution in [-0.2, 0) is 14.3 Å². The van der Waals surface area contributed by atoms with E-state index in [1.54, 1.807) is 6.08 Å². The monoisotopic (exact) mass is 784 g/mol. The van der Waals surface area contributed by atoms with Gasteiger partial charge in [0.05, 0.1) is 25.4 Å². The van der Waals surface area contributed by atoms with Gasteiger partial charge in [0.15, 0.2) is 6.29 Å². The molecule has 1 heterocycles. The fourth-order valence-electron chi connectivity index (χ4n) is 7.18. The molecule has 1 amide bonds. The number of aliphatic hydroxyl groups is 6. The van der Waals surface area contributed by atoms with Crippen LogP contribution in [0.1, 0.15) is 194 Å². The predicted molar refractivity (Wildman–Crippen MR) is 223 cm³/mol. The van der Waals surface area contributed by atoms with Gasteiger partial charge in [0.1, 0.15) is 30.5 Å². The van der Waals surface area contributed by atoms with E-state index in [0.29, 0.717) is 19.3 Å². The summed E-state index contributed by atoms with van der Waals surface area (Å²) in [7, 11) is 0. The number of ether oxygens (including phenoxy) is 2. The fraction of sp³-hybridized carbons (Fsp3) is 0.889. The molecule has 10 heteroatoms. The molecule has 0 aromatic heterocycles. The number of amides is 1. The Morgan fingerprint density at radius 1 is 0.691 bits per heavy atom. The minimum Gasteiger partial charge on any atom is -0.394 e. The third kappa shape index (κ3) is 25.6. The Morgan fingerprint density at radius 3 is 1.69 bits per heavy atom. The number of allylic oxidation sites excluding steroid dienone is 3. The molecule has 1 rings (SSSR count). The van der Waals surface area contributed by atoms with Gasteiger partial charge in [0.25, 0.3) is 0 Å². The molecule has 324 valence electrons. The lowest BCUT2D eigenvalue weighted by Gasteiger charge is -2.40. The number of carbonyl (C=O) groups excluding carboxylic acids is 1. The summed E-state index contributed by atoms with van der Waals surface area (Å²) in [6.07, 6.45) is 27.7. The largest absolute Gasteiger partial charge is 0.394 e. The van der Waals surface area contributed by atoms with E-state index in [0.717, 1.165) is 32.1 Å². The van der Waals surface area contributed by atoms with Crippen LogP contribution in [0, 0.1) is 0 Å². The Labute approximate surface area is 335 Å². The van der Waals surface area contributed by atoms with Gasteiger partial charge in [0, 0.05) is 0 Å². The molecule has 1 saturated heterocycles. The minimum atomic E-state index is -1.61. The van der Waals surface area contributed by atoms with Gasteiger partial charge in [-0.3, -0.25) is 4.79 Å². The van der Waals surface area contributed by atoms with Crippen LogP contribution in [0.3, 0.4) is 0 Å². The summed E-state index contributed by atoms with van der Waals surface area (Å²) >= 11 is 0. The predicted octanol–water partition coefficient (Wildman–Crippen LogP) is 8.08. The second kappa shape index (κ2) is 34.7. The van der Waals surface area contributed by atoms with Crippen LogP contribution in [0.25, 0.3) is 0 Å². The van der Waals surface area contributed by atoms with E-state index < -0.39 is 61.5 Å². The third-order valence-electron chi connectivity index (χ3n) is 11.0. The van der Waals surface area contributed by atoms with Crippen molar-refractivity contribution in [2.45, 2.75) is 243 Å². The van der Waals surface area contributed by atoms with Crippen LogP contribution in [0.15, 0.2) is 23.8 Å². The highest BCUT2D eigenvalue weighted by molar-refractivity contribution is 5.80. The van der Waals surface area contributed by atoms with E-state index in [1.165, 1.54) is 128 Å². The fourth-order valence-corrected chi connectivity index (χ4v) is 7.18. The van der Waals surface area contributed by atoms with E-state index in [-0.39, 0.29) is 6.61 Å². The smallest absolute Gasteiger partial charge is 0.249 e. The summed E-state index contributed by atoms with van der Waals surface area (Å²) < 4.78 is 11.1. The maximum Gasteiger partial charge on any atom is 0.249 e. The highest BCUT2D eigenvalue weighted by Crippen LogP contribution is 2.23. The molecule has 0 aromatic rings. The highest BCUT2D eigenvalue weighted by Gasteiger charge is 2.44. The third-order valence-corrected chi connectivity index (χ3v) is 11.0. The molecular weight excluding hydrogens is 698 g/mol. The van der Waals surface area contributed by atoms with Crippen LogP contribution >= 0.6 is 0 Å². The lowest BCUT2D eigenvalue weighted by molar-refractivity contribution is -0.302. The van der Waals surface area contributed by atoms with E-state index in [4.69, 9.17) is 9.47 Å². The number of hydrogen-bond donors (Lipinski definition) is 7. The normalized spacial score (nSPS) is 22.3. The first-order chi connectivity index (χ1) is 26.7. The molecule has 1 aliphatic rings. The van der Waals surface area contributed by atoms with Crippen molar-refractivity contribution in [3.8, 4) is 0 Å². The molecule has 0 aromatic carbocycles. The van der Waals surface area contributed by atoms with Crippen LogP contribution < -0.4 is 5.32 Å². The van der Waals surface area contributed by atoms with Gasteiger partial charge in [-0.2, -0.15) is 0 Å². The average molecular weight is 784 g/mol. The topological polar surface area (TPSA) is 169 Å². The van der Waals surface area contributed by atoms with Gasteiger partial charge in [-0.15, -0.1) is 0 Å². The number of nitrogens with one attached hydrogen (secondary N) is 1. The maximum absolute atomic E-state index is 13.0. The summed E-state index contributed by atoms with van der Waals surface area (Å²) in [4.78, 5) is 13.0. The second-order valence-electron chi connectivity index (χ2n) is 16.2. The molecule has 0 saturated carbocycles. The number of unbranched alkanes of at least 4 members (excludes halogenated alkanes) is 22. The minimum absolute atomic E-state index is 0.307. The van der Waals surface area contributed by atoms with Gasteiger partial charge >= 0.3 is 0 Å². The van der Waals surface area contributed by atoms with E-state index in [1.807, 2.05) is 6.08 Å². The average Bonchev–Trinajstić information content (AvgIpc) is 3.18. The first kappa shape index (κ1) is 51.6. The van der Waals surface area contributed by atoms with Crippen molar-refractivity contribution in [2.24, 2.45) is 0 Å². The highest BCUT2D eigenvalue weighted by atomic mass is 16.7. The van der Waals surface area contributed by atoms with Crippen molar-refractivity contribution in [3.63, 3.8) is 0 Å². The Morgan fingerprint density at radius 2 is 1.18 bits per heavy atom. The van der Waals surface area contributed by atoms with Crippen molar-refractivity contribution in [1.82, 2.24) is 5.32 Å². The zero-order valence-corrected chi connectivity index (χ0v) is 35.3. The summed E-state index contributed by atoms with van der Waals surface area (Å²) in [5.41, 5.74) is 1.36. The standard InChI is InChI=1S/C45H85NO9/c1-4-6-8-10-12-13-14-15-16-17-18-19-20-22-24-28-33-39(49)44(53)46-37(35-54-45-43(52)42(51)41(50)40(34-47)55-45)38(48)32-29-25-27-31-36(3)30-26-23-21-11-9-7-5-2/h29,31-32,37-43,45,47-52H,4-28,30,33-35H2,1-3H3,(H,46,53)/b32-29+,36-31+/t37-,38+,39+,40?,41?,42?,43?,45?/m0/s1. The molecule has 0 aliphatic carbocycles. The van der Waals surface area contributed by atoms with Crippen LogP contribution in [0.5, 0.6) is 0 Å². The number of rotatable bonds is 36. The molecule has 1 aliphatic heterocycles. The molecular formula is C45H85NO9. The summed E-state index contributed by atoms with van der Waals surface area (Å²) in [6, 6.07) is -0.994. The van der Waals surface area contributed by atoms with E-state index in [9.17, 15) is 35.4 Å². The number of hydrogen-bond acceptors (Lipinski definition) is 9. The second-order valence-corrected chi connectivity index (χ2v) is 16.2. The van der Waals surface area contributed by atoms with Gasteiger partial charge in [-0.1, -0.05) is 179 Å². The van der Waals surface area contributed by atoms with Crippen LogP contribution in [0.2, 0.25) is 0 Å². The quantitative estimate of drug-likeness (QED) is 0.0245. The Kier molecular flexibility index (Phi) is 32.5. The molecule has 55 heavy (non-hydrogen) atoms. The lowest BCUT2D eigenvalue weighted by atomic mass is 9.99. The van der Waals surface area contributed by atoms with Crippen LogP contribution in [-0.4, -0.2) is 98.7 Å². The lowest BCUT2D eigenvalue weighted by Crippen LogP contribution is -2.60. The van der Waals surface area contributed by atoms with E-state index >= 15 is 0 Å². The zero-order chi connectivity index (χ0) is 40.5. The van der Waals surface area contributed by atoms with E-state index in [2.05, 4.69) is 32.2 Å². The van der Waals surface area contributed by atoms with Crippen molar-refractivity contribution in [1.29, 1.82) is 0 Å².